The van der Waals surface area contributed by atoms with E-state index in [1.54, 1.807) is 12.0 Å². The number of hydrogen-bond acceptors (Lipinski definition) is 7. The number of carbonyl (C=O) groups excluding carboxylic acids is 1. The Labute approximate surface area is 153 Å². The Morgan fingerprint density at radius 2 is 2.28 bits per heavy atom. The van der Waals surface area contributed by atoms with E-state index in [9.17, 15) is 4.79 Å². The fourth-order valence-electron chi connectivity index (χ4n) is 2.79. The van der Waals surface area contributed by atoms with Crippen LogP contribution in [0.25, 0.3) is 0 Å². The van der Waals surface area contributed by atoms with E-state index in [4.69, 9.17) is 21.1 Å². The van der Waals surface area contributed by atoms with Crippen LogP contribution < -0.4 is 15.4 Å². The van der Waals surface area contributed by atoms with Gasteiger partial charge in [-0.3, -0.25) is 4.90 Å². The number of nitrogens with zero attached hydrogens (tertiary/aromatic N) is 3. The second-order valence-electron chi connectivity index (χ2n) is 6.85. The van der Waals surface area contributed by atoms with Crippen LogP contribution in [-0.2, 0) is 4.74 Å². The van der Waals surface area contributed by atoms with Gasteiger partial charge in [0.1, 0.15) is 5.02 Å². The van der Waals surface area contributed by atoms with Crippen LogP contribution in [0.5, 0.6) is 5.75 Å². The van der Waals surface area contributed by atoms with E-state index in [0.29, 0.717) is 19.0 Å². The number of nitrogens with one attached hydrogen (secondary N) is 2. The van der Waals surface area contributed by atoms with Crippen molar-refractivity contribution in [2.75, 3.05) is 38.7 Å². The summed E-state index contributed by atoms with van der Waals surface area (Å²) in [5.41, 5.74) is -0.375. The van der Waals surface area contributed by atoms with Crippen LogP contribution in [0.2, 0.25) is 5.02 Å². The summed E-state index contributed by atoms with van der Waals surface area (Å²) < 4.78 is 10.5. The van der Waals surface area contributed by atoms with Crippen LogP contribution in [0, 0.1) is 0 Å². The van der Waals surface area contributed by atoms with Crippen molar-refractivity contribution in [1.82, 2.24) is 20.4 Å². The quantitative estimate of drug-likeness (QED) is 0.740. The second-order valence-corrected chi connectivity index (χ2v) is 7.22. The van der Waals surface area contributed by atoms with Gasteiger partial charge in [0.15, 0.2) is 11.6 Å². The van der Waals surface area contributed by atoms with Gasteiger partial charge in [0.05, 0.1) is 12.8 Å². The first kappa shape index (κ1) is 19.7. The zero-order valence-corrected chi connectivity index (χ0v) is 15.9. The van der Waals surface area contributed by atoms with Gasteiger partial charge in [-0.25, -0.2) is 4.79 Å². The van der Waals surface area contributed by atoms with Gasteiger partial charge in [0, 0.05) is 31.8 Å². The van der Waals surface area contributed by atoms with Crippen LogP contribution in [0.3, 0.4) is 0 Å². The van der Waals surface area contributed by atoms with Crippen molar-refractivity contribution < 1.29 is 14.3 Å². The normalized spacial score (nSPS) is 17.4. The molecule has 0 aromatic carbocycles. The number of hydrogen-bond donors (Lipinski definition) is 2. The second kappa shape index (κ2) is 8.64. The molecule has 2 N–H and O–H groups in total. The molecule has 8 nitrogen and oxygen atoms in total. The summed E-state index contributed by atoms with van der Waals surface area (Å²) in [5.74, 6) is 0.538. The molecule has 2 heterocycles. The molecule has 1 aliphatic heterocycles. The van der Waals surface area contributed by atoms with E-state index < -0.39 is 6.09 Å². The number of aromatic nitrogens is 2. The minimum absolute atomic E-state index is 0.0837. The van der Waals surface area contributed by atoms with Crippen LogP contribution in [0.1, 0.15) is 27.2 Å². The molecule has 1 aromatic heterocycles. The molecule has 1 unspecified atom stereocenters. The highest BCUT2D eigenvalue weighted by Crippen LogP contribution is 2.31. The summed E-state index contributed by atoms with van der Waals surface area (Å²) >= 11 is 6.30. The summed E-state index contributed by atoms with van der Waals surface area (Å²) in [4.78, 5) is 14.6. The molecule has 9 heteroatoms. The summed E-state index contributed by atoms with van der Waals surface area (Å²) in [7, 11) is 1.60. The first-order valence-electron chi connectivity index (χ1n) is 8.30. The van der Waals surface area contributed by atoms with Crippen molar-refractivity contribution >= 4 is 23.5 Å². The summed E-state index contributed by atoms with van der Waals surface area (Å²) in [5, 5.41) is 14.3. The van der Waals surface area contributed by atoms with Gasteiger partial charge in [-0.1, -0.05) is 11.6 Å². The van der Waals surface area contributed by atoms with Gasteiger partial charge >= 0.3 is 6.09 Å². The van der Waals surface area contributed by atoms with Crippen molar-refractivity contribution in [3.05, 3.63) is 11.2 Å². The highest BCUT2D eigenvalue weighted by Gasteiger charge is 2.36. The van der Waals surface area contributed by atoms with E-state index in [0.717, 1.165) is 19.5 Å². The molecule has 1 saturated heterocycles. The SMILES string of the molecule is COCCNc1nncc(OC(=O)N(C2CCNC2)C(C)(C)C)c1Cl. The van der Waals surface area contributed by atoms with Crippen molar-refractivity contribution in [1.29, 1.82) is 0 Å². The Morgan fingerprint density at radius 3 is 2.88 bits per heavy atom. The number of anilines is 1. The van der Waals surface area contributed by atoms with E-state index in [2.05, 4.69) is 20.8 Å². The van der Waals surface area contributed by atoms with Crippen molar-refractivity contribution in [3.8, 4) is 5.75 Å². The van der Waals surface area contributed by atoms with Gasteiger partial charge in [-0.05, 0) is 33.7 Å². The first-order chi connectivity index (χ1) is 11.8. The van der Waals surface area contributed by atoms with Gasteiger partial charge < -0.3 is 20.1 Å². The molecule has 0 bridgehead atoms. The predicted octanol–water partition coefficient (Wildman–Crippen LogP) is 2.15. The molecule has 1 aromatic rings. The Hall–Kier alpha value is -1.64. The molecule has 1 fully saturated rings. The van der Waals surface area contributed by atoms with E-state index >= 15 is 0 Å². The zero-order chi connectivity index (χ0) is 18.4. The molecule has 1 amide bonds. The number of rotatable bonds is 6. The van der Waals surface area contributed by atoms with Crippen LogP contribution >= 0.6 is 11.6 Å². The highest BCUT2D eigenvalue weighted by molar-refractivity contribution is 6.34. The molecule has 0 saturated carbocycles. The van der Waals surface area contributed by atoms with Crippen LogP contribution in [0.15, 0.2) is 6.20 Å². The van der Waals surface area contributed by atoms with Crippen LogP contribution in [-0.4, -0.2) is 66.1 Å². The molecular formula is C16H26ClN5O3. The van der Waals surface area contributed by atoms with Gasteiger partial charge in [0.25, 0.3) is 0 Å². The number of ether oxygens (including phenoxy) is 2. The fraction of sp³-hybridized carbons (Fsp3) is 0.688. The van der Waals surface area contributed by atoms with E-state index in [1.165, 1.54) is 6.20 Å². The Bertz CT molecular complexity index is 588. The maximum atomic E-state index is 12.8. The first-order valence-corrected chi connectivity index (χ1v) is 8.68. The van der Waals surface area contributed by atoms with Crippen molar-refractivity contribution in [2.45, 2.75) is 38.8 Å². The highest BCUT2D eigenvalue weighted by atomic mass is 35.5. The van der Waals surface area contributed by atoms with Gasteiger partial charge in [-0.15, -0.1) is 5.10 Å². The standard InChI is InChI=1S/C16H26ClN5O3/c1-16(2,3)22(11-5-6-18-9-11)15(23)25-12-10-20-21-14(13(12)17)19-7-8-24-4/h10-11,18H,5-9H2,1-4H3,(H,19,21). The fourth-order valence-corrected chi connectivity index (χ4v) is 2.98. The molecule has 140 valence electrons. The number of amides is 1. The van der Waals surface area contributed by atoms with Crippen LogP contribution in [0.4, 0.5) is 10.6 Å². The molecular weight excluding hydrogens is 346 g/mol. The average Bonchev–Trinajstić information content (AvgIpc) is 3.03. The smallest absolute Gasteiger partial charge is 0.407 e. The molecule has 0 aliphatic carbocycles. The average molecular weight is 372 g/mol. The number of carbonyl (C=O) groups is 1. The van der Waals surface area contributed by atoms with Gasteiger partial charge in [-0.2, -0.15) is 5.10 Å². The molecule has 0 radical (unpaired) electrons. The predicted molar refractivity (Wildman–Crippen MR) is 96.3 cm³/mol. The third-order valence-corrected chi connectivity index (χ3v) is 4.24. The monoisotopic (exact) mass is 371 g/mol. The molecule has 25 heavy (non-hydrogen) atoms. The lowest BCUT2D eigenvalue weighted by atomic mass is 10.0. The maximum Gasteiger partial charge on any atom is 0.416 e. The minimum atomic E-state index is -0.445. The number of methoxy groups -OCH3 is 1. The molecule has 1 aliphatic rings. The lowest BCUT2D eigenvalue weighted by Gasteiger charge is -2.38. The third-order valence-electron chi connectivity index (χ3n) is 3.87. The largest absolute Gasteiger partial charge is 0.416 e. The third kappa shape index (κ3) is 5.17. The zero-order valence-electron chi connectivity index (χ0n) is 15.1. The van der Waals surface area contributed by atoms with E-state index in [-0.39, 0.29) is 22.4 Å². The Balaban J connectivity index is 2.13. The summed E-state index contributed by atoms with van der Waals surface area (Å²) in [6.07, 6.45) is 1.78. The Morgan fingerprint density at radius 1 is 1.52 bits per heavy atom. The summed E-state index contributed by atoms with van der Waals surface area (Å²) in [6.45, 7) is 8.59. The topological polar surface area (TPSA) is 88.6 Å². The minimum Gasteiger partial charge on any atom is -0.407 e. The summed E-state index contributed by atoms with van der Waals surface area (Å²) in [6, 6.07) is 0.0837. The number of halogens is 1. The maximum absolute atomic E-state index is 12.8. The van der Waals surface area contributed by atoms with Gasteiger partial charge in [0.2, 0.25) is 0 Å². The van der Waals surface area contributed by atoms with E-state index in [1.807, 2.05) is 20.8 Å². The van der Waals surface area contributed by atoms with Crippen molar-refractivity contribution in [3.63, 3.8) is 0 Å². The Kier molecular flexibility index (Phi) is 6.80. The van der Waals surface area contributed by atoms with Crippen molar-refractivity contribution in [2.24, 2.45) is 0 Å². The molecule has 1 atom stereocenters. The molecule has 2 rings (SSSR count). The lowest BCUT2D eigenvalue weighted by Crippen LogP contribution is -2.53. The molecule has 0 spiro atoms. The lowest BCUT2D eigenvalue weighted by molar-refractivity contribution is 0.0813.